The zero-order chi connectivity index (χ0) is 20.1. The summed E-state index contributed by atoms with van der Waals surface area (Å²) in [6.45, 7) is 4.84. The van der Waals surface area contributed by atoms with Gasteiger partial charge in [-0.25, -0.2) is 0 Å². The van der Waals surface area contributed by atoms with Gasteiger partial charge in [-0.3, -0.25) is 9.69 Å². The molecule has 1 unspecified atom stereocenters. The van der Waals surface area contributed by atoms with Gasteiger partial charge in [0.15, 0.2) is 0 Å². The van der Waals surface area contributed by atoms with E-state index in [2.05, 4.69) is 11.0 Å². The van der Waals surface area contributed by atoms with Crippen LogP contribution in [0.15, 0.2) is 36.4 Å². The number of ether oxygens (including phenoxy) is 2. The lowest BCUT2D eigenvalue weighted by Gasteiger charge is -2.33. The van der Waals surface area contributed by atoms with Crippen molar-refractivity contribution in [2.75, 3.05) is 26.2 Å². The lowest BCUT2D eigenvalue weighted by Crippen LogP contribution is -2.39. The lowest BCUT2D eigenvalue weighted by molar-refractivity contribution is -0.137. The van der Waals surface area contributed by atoms with Crippen molar-refractivity contribution in [1.29, 1.82) is 0 Å². The lowest BCUT2D eigenvalue weighted by atomic mass is 10.0. The molecule has 1 saturated heterocycles. The van der Waals surface area contributed by atoms with Crippen molar-refractivity contribution in [2.24, 2.45) is 0 Å². The molecule has 2 aromatic rings. The molecule has 5 nitrogen and oxygen atoms in total. The maximum Gasteiger partial charge on any atom is 0.304 e. The van der Waals surface area contributed by atoms with Crippen molar-refractivity contribution in [3.8, 4) is 5.75 Å². The Bertz CT molecular complexity index is 823. The topological polar surface area (TPSA) is 59.0 Å². The zero-order valence-electron chi connectivity index (χ0n) is 15.7. The quantitative estimate of drug-likeness (QED) is 0.697. The van der Waals surface area contributed by atoms with Crippen LogP contribution in [0.1, 0.15) is 29.2 Å². The molecule has 2 aromatic carbocycles. The highest BCUT2D eigenvalue weighted by molar-refractivity contribution is 6.35. The fourth-order valence-electron chi connectivity index (χ4n) is 3.22. The molecule has 1 aliphatic rings. The van der Waals surface area contributed by atoms with Crippen LogP contribution >= 0.6 is 23.2 Å². The predicted molar refractivity (Wildman–Crippen MR) is 109 cm³/mol. The van der Waals surface area contributed by atoms with Gasteiger partial charge < -0.3 is 14.6 Å². The third-order valence-electron chi connectivity index (χ3n) is 4.80. The second kappa shape index (κ2) is 9.61. The van der Waals surface area contributed by atoms with E-state index in [1.165, 1.54) is 0 Å². The Morgan fingerprint density at radius 3 is 2.71 bits per heavy atom. The molecule has 0 bridgehead atoms. The van der Waals surface area contributed by atoms with Crippen molar-refractivity contribution < 1.29 is 19.4 Å². The number of rotatable bonds is 7. The molecule has 1 N–H and O–H groups in total. The molecule has 0 saturated carbocycles. The molecule has 0 aromatic heterocycles. The SMILES string of the molecule is Cc1cc(C2CN(CCC(=O)O)CCO2)ccc1OCc1c(Cl)cccc1Cl. The smallest absolute Gasteiger partial charge is 0.304 e. The Hall–Kier alpha value is -1.79. The Morgan fingerprint density at radius 1 is 1.29 bits per heavy atom. The van der Waals surface area contributed by atoms with Gasteiger partial charge in [-0.2, -0.15) is 0 Å². The first kappa shape index (κ1) is 20.9. The average Bonchev–Trinajstić information content (AvgIpc) is 2.67. The number of aryl methyl sites for hydroxylation is 1. The van der Waals surface area contributed by atoms with Crippen LogP contribution in [0.4, 0.5) is 0 Å². The van der Waals surface area contributed by atoms with Crippen molar-refractivity contribution >= 4 is 29.2 Å². The van der Waals surface area contributed by atoms with Crippen LogP contribution in [0.25, 0.3) is 0 Å². The molecular weight excluding hydrogens is 401 g/mol. The highest BCUT2D eigenvalue weighted by Gasteiger charge is 2.23. The molecule has 28 heavy (non-hydrogen) atoms. The van der Waals surface area contributed by atoms with Gasteiger partial charge in [-0.1, -0.05) is 35.3 Å². The molecule has 7 heteroatoms. The summed E-state index contributed by atoms with van der Waals surface area (Å²) in [7, 11) is 0. The summed E-state index contributed by atoms with van der Waals surface area (Å²) < 4.78 is 11.8. The van der Waals surface area contributed by atoms with Crippen molar-refractivity contribution in [3.63, 3.8) is 0 Å². The van der Waals surface area contributed by atoms with Gasteiger partial charge in [0, 0.05) is 35.2 Å². The van der Waals surface area contributed by atoms with E-state index in [4.69, 9.17) is 37.8 Å². The predicted octanol–water partition coefficient (Wildman–Crippen LogP) is 4.73. The van der Waals surface area contributed by atoms with Gasteiger partial charge in [0.1, 0.15) is 12.4 Å². The third kappa shape index (κ3) is 5.39. The number of carboxylic acid groups (broad SMARTS) is 1. The Kier molecular flexibility index (Phi) is 7.18. The number of benzene rings is 2. The maximum absolute atomic E-state index is 10.8. The molecule has 0 radical (unpaired) electrons. The fourth-order valence-corrected chi connectivity index (χ4v) is 3.72. The van der Waals surface area contributed by atoms with Crippen molar-refractivity contribution in [3.05, 3.63) is 63.1 Å². The van der Waals surface area contributed by atoms with Crippen LogP contribution < -0.4 is 4.74 Å². The Morgan fingerprint density at radius 2 is 2.04 bits per heavy atom. The van der Waals surface area contributed by atoms with Crippen LogP contribution in [0.5, 0.6) is 5.75 Å². The number of hydrogen-bond donors (Lipinski definition) is 1. The molecule has 1 atom stereocenters. The normalized spacial score (nSPS) is 17.5. The molecular formula is C21H23Cl2NO4. The second-order valence-corrected chi connectivity index (χ2v) is 7.63. The molecule has 0 aliphatic carbocycles. The monoisotopic (exact) mass is 423 g/mol. The number of aliphatic carboxylic acids is 1. The summed E-state index contributed by atoms with van der Waals surface area (Å²) in [6, 6.07) is 11.3. The van der Waals surface area contributed by atoms with Gasteiger partial charge in [0.2, 0.25) is 0 Å². The van der Waals surface area contributed by atoms with Gasteiger partial charge in [0.05, 0.1) is 19.1 Å². The first-order valence-electron chi connectivity index (χ1n) is 9.16. The summed E-state index contributed by atoms with van der Waals surface area (Å²) in [6.07, 6.45) is 0.0664. The highest BCUT2D eigenvalue weighted by Crippen LogP contribution is 2.30. The van der Waals surface area contributed by atoms with E-state index in [9.17, 15) is 4.79 Å². The Labute approximate surface area is 174 Å². The van der Waals surface area contributed by atoms with Crippen LogP contribution in [0, 0.1) is 6.92 Å². The van der Waals surface area contributed by atoms with Gasteiger partial charge in [0.25, 0.3) is 0 Å². The van der Waals surface area contributed by atoms with Crippen LogP contribution in [-0.4, -0.2) is 42.2 Å². The summed E-state index contributed by atoms with van der Waals surface area (Å²) in [5.41, 5.74) is 2.81. The van der Waals surface area contributed by atoms with E-state index >= 15 is 0 Å². The van der Waals surface area contributed by atoms with Gasteiger partial charge >= 0.3 is 5.97 Å². The van der Waals surface area contributed by atoms with Crippen molar-refractivity contribution in [2.45, 2.75) is 26.1 Å². The van der Waals surface area contributed by atoms with E-state index in [0.29, 0.717) is 36.3 Å². The van der Waals surface area contributed by atoms with Gasteiger partial charge in [-0.15, -0.1) is 0 Å². The minimum atomic E-state index is -0.779. The summed E-state index contributed by atoms with van der Waals surface area (Å²) in [5, 5.41) is 10.0. The summed E-state index contributed by atoms with van der Waals surface area (Å²) in [5.74, 6) is -0.0164. The number of carboxylic acids is 1. The standard InChI is InChI=1S/C21H23Cl2NO4/c1-14-11-15(20-12-24(9-10-27-20)8-7-21(25)26)5-6-19(14)28-13-16-17(22)3-2-4-18(16)23/h2-6,11,20H,7-10,12-13H2,1H3,(H,25,26). The minimum absolute atomic E-state index is 0.0756. The third-order valence-corrected chi connectivity index (χ3v) is 5.51. The number of nitrogens with zero attached hydrogens (tertiary/aromatic N) is 1. The van der Waals surface area contributed by atoms with Gasteiger partial charge in [-0.05, 0) is 42.3 Å². The Balaban J connectivity index is 1.64. The highest BCUT2D eigenvalue weighted by atomic mass is 35.5. The number of hydrogen-bond acceptors (Lipinski definition) is 4. The largest absolute Gasteiger partial charge is 0.489 e. The van der Waals surface area contributed by atoms with E-state index in [0.717, 1.165) is 29.0 Å². The van der Waals surface area contributed by atoms with E-state index in [1.54, 1.807) is 18.2 Å². The molecule has 1 aliphatic heterocycles. The number of halogens is 2. The van der Waals surface area contributed by atoms with Crippen LogP contribution in [0.3, 0.4) is 0 Å². The molecule has 150 valence electrons. The first-order valence-corrected chi connectivity index (χ1v) is 9.91. The maximum atomic E-state index is 10.8. The fraction of sp³-hybridized carbons (Fsp3) is 0.381. The summed E-state index contributed by atoms with van der Waals surface area (Å²) >= 11 is 12.4. The molecule has 3 rings (SSSR count). The molecule has 0 amide bonds. The molecule has 0 spiro atoms. The van der Waals surface area contributed by atoms with Crippen molar-refractivity contribution in [1.82, 2.24) is 4.90 Å². The second-order valence-electron chi connectivity index (χ2n) is 6.82. The van der Waals surface area contributed by atoms with Crippen LogP contribution in [0.2, 0.25) is 10.0 Å². The van der Waals surface area contributed by atoms with E-state index < -0.39 is 5.97 Å². The minimum Gasteiger partial charge on any atom is -0.489 e. The van der Waals surface area contributed by atoms with E-state index in [1.807, 2.05) is 19.1 Å². The first-order chi connectivity index (χ1) is 13.4. The average molecular weight is 424 g/mol. The zero-order valence-corrected chi connectivity index (χ0v) is 17.2. The summed E-state index contributed by atoms with van der Waals surface area (Å²) in [4.78, 5) is 12.9. The van der Waals surface area contributed by atoms with E-state index in [-0.39, 0.29) is 12.5 Å². The number of carbonyl (C=O) groups is 1. The number of morpholine rings is 1. The molecule has 1 fully saturated rings. The van der Waals surface area contributed by atoms with Crippen LogP contribution in [-0.2, 0) is 16.1 Å². The molecule has 1 heterocycles.